The minimum atomic E-state index is -0.411. The zero-order valence-corrected chi connectivity index (χ0v) is 9.77. The molecule has 5 nitrogen and oxygen atoms in total. The lowest BCUT2D eigenvalue weighted by atomic mass is 10.2. The molecule has 1 fully saturated rings. The summed E-state index contributed by atoms with van der Waals surface area (Å²) in [5.41, 5.74) is 0. The lowest BCUT2D eigenvalue weighted by Gasteiger charge is -2.31. The molecule has 1 N–H and O–H groups in total. The smallest absolute Gasteiger partial charge is 0.290 e. The van der Waals surface area contributed by atoms with Gasteiger partial charge in [-0.2, -0.15) is 5.26 Å². The van der Waals surface area contributed by atoms with Gasteiger partial charge in [-0.1, -0.05) is 6.92 Å². The molecular weight excluding hydrogens is 218 g/mol. The standard InChI is InChI=1S/C12H15N3O2/c1-2-10-3-4-11(17-10)12(16)15-6-5-14-8-9(15)7-13/h3-4,9,14H,2,5-6,8H2,1H3. The SMILES string of the molecule is CCc1ccc(C(=O)N2CCNCC2C#N)o1. The van der Waals surface area contributed by atoms with Crippen LogP contribution in [0.3, 0.4) is 0 Å². The molecule has 0 saturated carbocycles. The largest absolute Gasteiger partial charge is 0.456 e. The summed E-state index contributed by atoms with van der Waals surface area (Å²) >= 11 is 0. The monoisotopic (exact) mass is 233 g/mol. The molecule has 0 aromatic carbocycles. The molecular formula is C12H15N3O2. The molecule has 2 rings (SSSR count). The Morgan fingerprint density at radius 1 is 1.71 bits per heavy atom. The summed E-state index contributed by atoms with van der Waals surface area (Å²) in [5.74, 6) is 0.916. The second-order valence-corrected chi connectivity index (χ2v) is 3.97. The first-order valence-electron chi connectivity index (χ1n) is 5.76. The van der Waals surface area contributed by atoms with Crippen LogP contribution in [0.4, 0.5) is 0 Å². The lowest BCUT2D eigenvalue weighted by molar-refractivity contribution is 0.0653. The summed E-state index contributed by atoms with van der Waals surface area (Å²) < 4.78 is 5.42. The Bertz CT molecular complexity index is 447. The molecule has 1 aromatic heterocycles. The third kappa shape index (κ3) is 2.32. The first-order valence-corrected chi connectivity index (χ1v) is 5.76. The van der Waals surface area contributed by atoms with Gasteiger partial charge in [0.25, 0.3) is 5.91 Å². The molecule has 2 heterocycles. The molecule has 1 saturated heterocycles. The van der Waals surface area contributed by atoms with Gasteiger partial charge < -0.3 is 14.6 Å². The molecule has 1 atom stereocenters. The third-order valence-corrected chi connectivity index (χ3v) is 2.87. The first-order chi connectivity index (χ1) is 8.26. The number of nitriles is 1. The molecule has 1 aliphatic heterocycles. The summed E-state index contributed by atoms with van der Waals surface area (Å²) in [4.78, 5) is 13.7. The number of amides is 1. The highest BCUT2D eigenvalue weighted by molar-refractivity contribution is 5.92. The molecule has 1 unspecified atom stereocenters. The second-order valence-electron chi connectivity index (χ2n) is 3.97. The van der Waals surface area contributed by atoms with Crippen molar-refractivity contribution in [2.45, 2.75) is 19.4 Å². The number of aryl methyl sites for hydroxylation is 1. The van der Waals surface area contributed by atoms with Gasteiger partial charge in [0.2, 0.25) is 0 Å². The number of hydrogen-bond acceptors (Lipinski definition) is 4. The van der Waals surface area contributed by atoms with Gasteiger partial charge in [-0.3, -0.25) is 4.79 Å². The lowest BCUT2D eigenvalue weighted by Crippen LogP contribution is -2.52. The van der Waals surface area contributed by atoms with Gasteiger partial charge in [0.05, 0.1) is 6.07 Å². The van der Waals surface area contributed by atoms with Gasteiger partial charge in [-0.25, -0.2) is 0 Å². The van der Waals surface area contributed by atoms with Crippen LogP contribution in [0.2, 0.25) is 0 Å². The second kappa shape index (κ2) is 5.02. The van der Waals surface area contributed by atoms with Gasteiger partial charge in [-0.15, -0.1) is 0 Å². The highest BCUT2D eigenvalue weighted by Crippen LogP contribution is 2.14. The van der Waals surface area contributed by atoms with E-state index in [1.807, 2.05) is 6.92 Å². The maximum atomic E-state index is 12.2. The van der Waals surface area contributed by atoms with Crippen molar-refractivity contribution in [1.29, 1.82) is 5.26 Å². The molecule has 1 aromatic rings. The van der Waals surface area contributed by atoms with E-state index in [0.717, 1.165) is 12.2 Å². The fraction of sp³-hybridized carbons (Fsp3) is 0.500. The van der Waals surface area contributed by atoms with Crippen LogP contribution in [0.25, 0.3) is 0 Å². The highest BCUT2D eigenvalue weighted by Gasteiger charge is 2.28. The molecule has 90 valence electrons. The van der Waals surface area contributed by atoms with Crippen LogP contribution >= 0.6 is 0 Å². The number of furan rings is 1. The number of nitrogens with zero attached hydrogens (tertiary/aromatic N) is 2. The van der Waals surface area contributed by atoms with Crippen molar-refractivity contribution in [2.75, 3.05) is 19.6 Å². The predicted molar refractivity (Wildman–Crippen MR) is 61.4 cm³/mol. The molecule has 1 aliphatic rings. The number of nitrogens with one attached hydrogen (secondary N) is 1. The number of carbonyl (C=O) groups excluding carboxylic acids is 1. The van der Waals surface area contributed by atoms with Gasteiger partial charge >= 0.3 is 0 Å². The van der Waals surface area contributed by atoms with Crippen molar-refractivity contribution < 1.29 is 9.21 Å². The Hall–Kier alpha value is -1.80. The van der Waals surface area contributed by atoms with E-state index >= 15 is 0 Å². The van der Waals surface area contributed by atoms with Gasteiger partial charge in [-0.05, 0) is 12.1 Å². The van der Waals surface area contributed by atoms with E-state index in [2.05, 4.69) is 11.4 Å². The number of rotatable bonds is 2. The van der Waals surface area contributed by atoms with Crippen LogP contribution in [0, 0.1) is 11.3 Å². The zero-order valence-electron chi connectivity index (χ0n) is 9.77. The predicted octanol–water partition coefficient (Wildman–Crippen LogP) is 0.780. The Morgan fingerprint density at radius 2 is 2.53 bits per heavy atom. The van der Waals surface area contributed by atoms with Crippen LogP contribution < -0.4 is 5.32 Å². The summed E-state index contributed by atoms with van der Waals surface area (Å²) in [6.07, 6.45) is 0.760. The Morgan fingerprint density at radius 3 is 3.18 bits per heavy atom. The quantitative estimate of drug-likeness (QED) is 0.819. The molecule has 0 radical (unpaired) electrons. The molecule has 0 bridgehead atoms. The molecule has 5 heteroatoms. The summed E-state index contributed by atoms with van der Waals surface area (Å²) in [7, 11) is 0. The van der Waals surface area contributed by atoms with E-state index in [1.54, 1.807) is 17.0 Å². The minimum Gasteiger partial charge on any atom is -0.456 e. The van der Waals surface area contributed by atoms with Gasteiger partial charge in [0.1, 0.15) is 11.8 Å². The van der Waals surface area contributed by atoms with E-state index in [4.69, 9.17) is 9.68 Å². The van der Waals surface area contributed by atoms with Gasteiger partial charge in [0.15, 0.2) is 5.76 Å². The summed E-state index contributed by atoms with van der Waals surface area (Å²) in [6, 6.07) is 5.20. The van der Waals surface area contributed by atoms with Crippen molar-refractivity contribution in [3.05, 3.63) is 23.7 Å². The number of piperazine rings is 1. The summed E-state index contributed by atoms with van der Waals surface area (Å²) in [5, 5.41) is 12.1. The van der Waals surface area contributed by atoms with Crippen LogP contribution in [0.1, 0.15) is 23.2 Å². The third-order valence-electron chi connectivity index (χ3n) is 2.87. The Kier molecular flexibility index (Phi) is 3.45. The average molecular weight is 233 g/mol. The van der Waals surface area contributed by atoms with Gasteiger partial charge in [0, 0.05) is 26.1 Å². The Labute approximate surface area is 100 Å². The minimum absolute atomic E-state index is 0.197. The molecule has 0 aliphatic carbocycles. The fourth-order valence-electron chi connectivity index (χ4n) is 1.89. The van der Waals surface area contributed by atoms with Crippen molar-refractivity contribution >= 4 is 5.91 Å². The van der Waals surface area contributed by atoms with Crippen molar-refractivity contribution in [2.24, 2.45) is 0 Å². The fourth-order valence-corrected chi connectivity index (χ4v) is 1.89. The van der Waals surface area contributed by atoms with E-state index < -0.39 is 6.04 Å². The van der Waals surface area contributed by atoms with E-state index in [-0.39, 0.29) is 5.91 Å². The average Bonchev–Trinajstić information content (AvgIpc) is 2.86. The zero-order chi connectivity index (χ0) is 12.3. The first kappa shape index (κ1) is 11.7. The summed E-state index contributed by atoms with van der Waals surface area (Å²) in [6.45, 7) is 3.74. The van der Waals surface area contributed by atoms with Crippen molar-refractivity contribution in [3.8, 4) is 6.07 Å². The number of hydrogen-bond donors (Lipinski definition) is 1. The topological polar surface area (TPSA) is 69.3 Å². The van der Waals surface area contributed by atoms with Crippen LogP contribution in [-0.2, 0) is 6.42 Å². The maximum absolute atomic E-state index is 12.2. The maximum Gasteiger partial charge on any atom is 0.290 e. The van der Waals surface area contributed by atoms with Crippen LogP contribution in [0.5, 0.6) is 0 Å². The van der Waals surface area contributed by atoms with Crippen LogP contribution in [-0.4, -0.2) is 36.5 Å². The Balaban J connectivity index is 2.15. The highest BCUT2D eigenvalue weighted by atomic mass is 16.4. The molecule has 1 amide bonds. The number of carbonyl (C=O) groups is 1. The van der Waals surface area contributed by atoms with E-state index in [0.29, 0.717) is 25.4 Å². The van der Waals surface area contributed by atoms with Crippen LogP contribution in [0.15, 0.2) is 16.5 Å². The van der Waals surface area contributed by atoms with Crippen molar-refractivity contribution in [1.82, 2.24) is 10.2 Å². The molecule has 0 spiro atoms. The van der Waals surface area contributed by atoms with E-state index in [9.17, 15) is 4.79 Å². The molecule has 17 heavy (non-hydrogen) atoms. The normalized spacial score (nSPS) is 20.0. The van der Waals surface area contributed by atoms with Crippen molar-refractivity contribution in [3.63, 3.8) is 0 Å². The van der Waals surface area contributed by atoms with E-state index in [1.165, 1.54) is 0 Å².